The van der Waals surface area contributed by atoms with Gasteiger partial charge in [0.15, 0.2) is 12.6 Å². The molecule has 0 rings (SSSR count). The van der Waals surface area contributed by atoms with Gasteiger partial charge in [0.1, 0.15) is 0 Å². The van der Waals surface area contributed by atoms with Gasteiger partial charge in [-0.3, -0.25) is 4.57 Å². The van der Waals surface area contributed by atoms with E-state index in [-0.39, 0.29) is 6.35 Å². The molecule has 0 amide bonds. The first kappa shape index (κ1) is 13.0. The summed E-state index contributed by atoms with van der Waals surface area (Å²) in [6.45, 7) is 1.74. The Kier molecular flexibility index (Phi) is 6.49. The van der Waals surface area contributed by atoms with Crippen LogP contribution >= 0.6 is 7.60 Å². The van der Waals surface area contributed by atoms with Crippen molar-refractivity contribution < 1.29 is 28.5 Å². The van der Waals surface area contributed by atoms with Crippen molar-refractivity contribution in [2.75, 3.05) is 20.6 Å². The highest BCUT2D eigenvalue weighted by molar-refractivity contribution is 7.53. The van der Waals surface area contributed by atoms with Crippen LogP contribution in [0.1, 0.15) is 13.3 Å². The molecule has 0 heterocycles. The lowest BCUT2D eigenvalue weighted by Gasteiger charge is -2.16. The molecule has 13 heavy (non-hydrogen) atoms. The van der Waals surface area contributed by atoms with Crippen LogP contribution in [-0.4, -0.2) is 32.1 Å². The molecule has 0 saturated carbocycles. The molecule has 0 aliphatic rings. The Bertz CT molecular complexity index is 161. The van der Waals surface area contributed by atoms with Crippen LogP contribution in [0.25, 0.3) is 0 Å². The molecule has 1 atom stereocenters. The smallest absolute Gasteiger partial charge is 0.337 e. The second-order valence-electron chi connectivity index (χ2n) is 2.22. The van der Waals surface area contributed by atoms with Crippen molar-refractivity contribution in [1.29, 1.82) is 0 Å². The maximum atomic E-state index is 11.4. The minimum Gasteiger partial charge on any atom is -0.337 e. The highest BCUT2D eigenvalue weighted by Crippen LogP contribution is 2.46. The molecule has 0 unspecified atom stereocenters. The van der Waals surface area contributed by atoms with Crippen LogP contribution in [0.2, 0.25) is 0 Å². The fraction of sp³-hybridized carbons (Fsp3) is 1.00. The fourth-order valence-corrected chi connectivity index (χ4v) is 1.29. The number of ether oxygens (including phenoxy) is 1. The van der Waals surface area contributed by atoms with Gasteiger partial charge in [-0.2, -0.15) is 0 Å². The predicted octanol–water partition coefficient (Wildman–Crippen LogP) is 1.67. The van der Waals surface area contributed by atoms with Crippen molar-refractivity contribution in [1.82, 2.24) is 0 Å². The summed E-state index contributed by atoms with van der Waals surface area (Å²) in [6, 6.07) is 0. The molecule has 0 aromatic rings. The highest BCUT2D eigenvalue weighted by atomic mass is 31.2. The second kappa shape index (κ2) is 6.48. The molecule has 0 aromatic carbocycles. The SMILES string of the molecule is CC[C@@H](OO)OCP(=O)(OC)OC. The van der Waals surface area contributed by atoms with E-state index in [1.54, 1.807) is 6.92 Å². The maximum Gasteiger partial charge on any atom is 0.355 e. The van der Waals surface area contributed by atoms with Crippen LogP contribution in [0.3, 0.4) is 0 Å². The first-order chi connectivity index (χ1) is 6.11. The Morgan fingerprint density at radius 1 is 1.38 bits per heavy atom. The third-order valence-corrected chi connectivity index (χ3v) is 3.00. The Labute approximate surface area is 77.2 Å². The normalized spacial score (nSPS) is 14.5. The molecule has 0 aliphatic heterocycles. The van der Waals surface area contributed by atoms with Crippen molar-refractivity contribution >= 4 is 7.60 Å². The van der Waals surface area contributed by atoms with E-state index in [0.717, 1.165) is 0 Å². The molecule has 6 nitrogen and oxygen atoms in total. The van der Waals surface area contributed by atoms with E-state index >= 15 is 0 Å². The topological polar surface area (TPSA) is 74.2 Å². The third kappa shape index (κ3) is 4.71. The van der Waals surface area contributed by atoms with Crippen molar-refractivity contribution in [3.05, 3.63) is 0 Å². The average molecular weight is 214 g/mol. The van der Waals surface area contributed by atoms with Crippen molar-refractivity contribution in [3.8, 4) is 0 Å². The molecule has 7 heteroatoms. The van der Waals surface area contributed by atoms with Gasteiger partial charge in [0.2, 0.25) is 0 Å². The quantitative estimate of drug-likeness (QED) is 0.301. The molecular formula is C6H15O6P. The Hall–Kier alpha value is 0.0300. The lowest BCUT2D eigenvalue weighted by molar-refractivity contribution is -0.343. The van der Waals surface area contributed by atoms with E-state index in [0.29, 0.717) is 6.42 Å². The van der Waals surface area contributed by atoms with E-state index < -0.39 is 13.9 Å². The largest absolute Gasteiger partial charge is 0.355 e. The Morgan fingerprint density at radius 3 is 2.23 bits per heavy atom. The molecule has 0 saturated heterocycles. The summed E-state index contributed by atoms with van der Waals surface area (Å²) in [5.41, 5.74) is 0. The molecule has 80 valence electrons. The van der Waals surface area contributed by atoms with Gasteiger partial charge in [0, 0.05) is 14.2 Å². The van der Waals surface area contributed by atoms with Gasteiger partial charge in [0.05, 0.1) is 0 Å². The van der Waals surface area contributed by atoms with Crippen LogP contribution in [0.15, 0.2) is 0 Å². The lowest BCUT2D eigenvalue weighted by Crippen LogP contribution is -2.15. The number of rotatable bonds is 7. The first-order valence-electron chi connectivity index (χ1n) is 3.74. The van der Waals surface area contributed by atoms with E-state index in [2.05, 4.69) is 13.9 Å². The average Bonchev–Trinajstić information content (AvgIpc) is 2.19. The standard InChI is InChI=1S/C6H15O6P/c1-4-6(12-7)11-5-13(8,9-2)10-3/h6-7H,4-5H2,1-3H3/t6-/m1/s1. The summed E-state index contributed by atoms with van der Waals surface area (Å²) in [4.78, 5) is 3.93. The van der Waals surface area contributed by atoms with Crippen LogP contribution in [0.4, 0.5) is 0 Å². The van der Waals surface area contributed by atoms with Gasteiger partial charge >= 0.3 is 7.60 Å². The number of hydrogen-bond acceptors (Lipinski definition) is 6. The van der Waals surface area contributed by atoms with Gasteiger partial charge < -0.3 is 13.8 Å². The molecular weight excluding hydrogens is 199 g/mol. The summed E-state index contributed by atoms with van der Waals surface area (Å²) in [5, 5.41) is 8.27. The molecule has 0 fully saturated rings. The number of hydrogen-bond donors (Lipinski definition) is 1. The molecule has 0 radical (unpaired) electrons. The van der Waals surface area contributed by atoms with Crippen LogP contribution < -0.4 is 0 Å². The van der Waals surface area contributed by atoms with Gasteiger partial charge in [-0.1, -0.05) is 6.92 Å². The van der Waals surface area contributed by atoms with Crippen molar-refractivity contribution in [2.24, 2.45) is 0 Å². The van der Waals surface area contributed by atoms with Gasteiger partial charge in [0.25, 0.3) is 0 Å². The van der Waals surface area contributed by atoms with Gasteiger partial charge in [-0.15, -0.1) is 0 Å². The van der Waals surface area contributed by atoms with Crippen molar-refractivity contribution in [3.63, 3.8) is 0 Å². The monoisotopic (exact) mass is 214 g/mol. The van der Waals surface area contributed by atoms with Crippen LogP contribution in [0, 0.1) is 0 Å². The van der Waals surface area contributed by atoms with E-state index in [1.807, 2.05) is 0 Å². The molecule has 1 N–H and O–H groups in total. The Balaban J connectivity index is 3.91. The highest BCUT2D eigenvalue weighted by Gasteiger charge is 2.23. The van der Waals surface area contributed by atoms with E-state index in [1.165, 1.54) is 14.2 Å². The van der Waals surface area contributed by atoms with E-state index in [4.69, 9.17) is 9.99 Å². The molecule has 0 aromatic heterocycles. The first-order valence-corrected chi connectivity index (χ1v) is 5.47. The fourth-order valence-electron chi connectivity index (χ4n) is 0.577. The summed E-state index contributed by atoms with van der Waals surface area (Å²) >= 11 is 0. The third-order valence-electron chi connectivity index (χ3n) is 1.43. The molecule has 0 spiro atoms. The second-order valence-corrected chi connectivity index (χ2v) is 4.43. The van der Waals surface area contributed by atoms with Gasteiger partial charge in [-0.05, 0) is 6.42 Å². The van der Waals surface area contributed by atoms with Crippen LogP contribution in [0.5, 0.6) is 0 Å². The minimum absolute atomic E-state index is 0.251. The zero-order valence-electron chi connectivity index (χ0n) is 7.93. The molecule has 0 bridgehead atoms. The van der Waals surface area contributed by atoms with Gasteiger partial charge in [-0.25, -0.2) is 10.1 Å². The lowest BCUT2D eigenvalue weighted by atomic mass is 10.5. The van der Waals surface area contributed by atoms with Crippen molar-refractivity contribution in [2.45, 2.75) is 19.6 Å². The Morgan fingerprint density at radius 2 is 1.92 bits per heavy atom. The maximum absolute atomic E-state index is 11.4. The van der Waals surface area contributed by atoms with E-state index in [9.17, 15) is 4.57 Å². The summed E-state index contributed by atoms with van der Waals surface area (Å²) in [7, 11) is -0.658. The zero-order valence-corrected chi connectivity index (χ0v) is 8.82. The summed E-state index contributed by atoms with van der Waals surface area (Å²) < 4.78 is 25.5. The summed E-state index contributed by atoms with van der Waals surface area (Å²) in [5.74, 6) is 0. The zero-order chi connectivity index (χ0) is 10.3. The minimum atomic E-state index is -3.17. The summed E-state index contributed by atoms with van der Waals surface area (Å²) in [6.07, 6.45) is -0.623. The molecule has 0 aliphatic carbocycles. The predicted molar refractivity (Wildman–Crippen MR) is 45.4 cm³/mol. The van der Waals surface area contributed by atoms with Crippen LogP contribution in [-0.2, 0) is 23.2 Å².